The largest absolute Gasteiger partial charge is 0.445 e. The van der Waals surface area contributed by atoms with Gasteiger partial charge in [0.05, 0.1) is 25.8 Å². The Morgan fingerprint density at radius 1 is 0.970 bits per heavy atom. The Labute approximate surface area is 193 Å². The van der Waals surface area contributed by atoms with Crippen LogP contribution < -0.4 is 0 Å². The predicted octanol–water partition coefficient (Wildman–Crippen LogP) is 2.47. The van der Waals surface area contributed by atoms with Gasteiger partial charge >= 0.3 is 6.09 Å². The van der Waals surface area contributed by atoms with Gasteiger partial charge in [-0.1, -0.05) is 60.7 Å². The third-order valence-electron chi connectivity index (χ3n) is 5.90. The van der Waals surface area contributed by atoms with Crippen molar-refractivity contribution < 1.29 is 34.0 Å². The minimum atomic E-state index is -1.22. The first-order chi connectivity index (χ1) is 15.8. The molecule has 33 heavy (non-hydrogen) atoms. The van der Waals surface area contributed by atoms with E-state index in [0.29, 0.717) is 6.61 Å². The number of aliphatic hydroxyl groups is 2. The van der Waals surface area contributed by atoms with Crippen LogP contribution in [-0.2, 0) is 32.2 Å². The van der Waals surface area contributed by atoms with Crippen LogP contribution >= 0.6 is 0 Å². The van der Waals surface area contributed by atoms with E-state index in [0.717, 1.165) is 11.1 Å². The molecule has 1 amide bonds. The molecule has 8 heteroatoms. The van der Waals surface area contributed by atoms with Crippen LogP contribution in [0, 0.1) is 0 Å². The molecule has 4 rings (SSSR count). The lowest BCUT2D eigenvalue weighted by Crippen LogP contribution is -2.52. The Bertz CT molecular complexity index is 907. The minimum Gasteiger partial charge on any atom is -0.445 e. The summed E-state index contributed by atoms with van der Waals surface area (Å²) in [6.07, 6.45) is -4.58. The van der Waals surface area contributed by atoms with Crippen LogP contribution in [0.1, 0.15) is 25.0 Å². The molecular weight excluding hydrogens is 426 g/mol. The highest BCUT2D eigenvalue weighted by Crippen LogP contribution is 2.36. The van der Waals surface area contributed by atoms with Crippen LogP contribution in [-0.4, -0.2) is 70.6 Å². The molecule has 2 aromatic rings. The van der Waals surface area contributed by atoms with Crippen molar-refractivity contribution in [2.24, 2.45) is 0 Å². The molecule has 0 aliphatic carbocycles. The molecule has 8 nitrogen and oxygen atoms in total. The number of benzene rings is 2. The van der Waals surface area contributed by atoms with Crippen molar-refractivity contribution in [3.8, 4) is 0 Å². The normalized spacial score (nSPS) is 28.7. The van der Waals surface area contributed by atoms with Gasteiger partial charge in [0.2, 0.25) is 0 Å². The summed E-state index contributed by atoms with van der Waals surface area (Å²) in [5.74, 6) is -0.981. The van der Waals surface area contributed by atoms with Gasteiger partial charge < -0.3 is 29.2 Å². The van der Waals surface area contributed by atoms with E-state index in [9.17, 15) is 15.0 Å². The second kappa shape index (κ2) is 10.2. The van der Waals surface area contributed by atoms with Gasteiger partial charge in [0, 0.05) is 0 Å². The zero-order valence-electron chi connectivity index (χ0n) is 18.9. The summed E-state index contributed by atoms with van der Waals surface area (Å²) in [5.41, 5.74) is 1.84. The number of likely N-dealkylation sites (tertiary alicyclic amines) is 1. The first-order valence-electron chi connectivity index (χ1n) is 11.1. The fourth-order valence-electron chi connectivity index (χ4n) is 4.29. The highest BCUT2D eigenvalue weighted by Gasteiger charge is 2.54. The third kappa shape index (κ3) is 5.72. The first-order valence-corrected chi connectivity index (χ1v) is 11.1. The van der Waals surface area contributed by atoms with E-state index in [1.54, 1.807) is 13.8 Å². The average molecular weight is 458 g/mol. The number of rotatable bonds is 6. The second-order valence-corrected chi connectivity index (χ2v) is 8.88. The van der Waals surface area contributed by atoms with Crippen LogP contribution in [0.2, 0.25) is 0 Å². The molecule has 0 bridgehead atoms. The van der Waals surface area contributed by atoms with Crippen LogP contribution in [0.25, 0.3) is 0 Å². The lowest BCUT2D eigenvalue weighted by molar-refractivity contribution is -0.170. The van der Waals surface area contributed by atoms with Gasteiger partial charge in [-0.25, -0.2) is 4.79 Å². The maximum atomic E-state index is 13.1. The number of nitrogens with zero attached hydrogens (tertiary/aromatic N) is 1. The lowest BCUT2D eigenvalue weighted by Gasteiger charge is -2.33. The van der Waals surface area contributed by atoms with Crippen molar-refractivity contribution in [1.82, 2.24) is 4.90 Å². The van der Waals surface area contributed by atoms with Crippen LogP contribution in [0.15, 0.2) is 60.7 Å². The number of hydrogen-bond donors (Lipinski definition) is 2. The SMILES string of the molecule is CC1(C)O[C@@H]2[C@H](O)[C@H](O)CN(C(=O)OCc3ccccc3)[C@H](COCc3ccccc3)[C@H]2O1. The maximum Gasteiger partial charge on any atom is 0.410 e. The monoisotopic (exact) mass is 457 g/mol. The molecule has 2 heterocycles. The first kappa shape index (κ1) is 23.7. The number of carbonyl (C=O) groups excluding carboxylic acids is 1. The molecule has 0 unspecified atom stereocenters. The van der Waals surface area contributed by atoms with Gasteiger partial charge in [-0.05, 0) is 25.0 Å². The second-order valence-electron chi connectivity index (χ2n) is 8.88. The van der Waals surface area contributed by atoms with Crippen LogP contribution in [0.5, 0.6) is 0 Å². The fourth-order valence-corrected chi connectivity index (χ4v) is 4.29. The number of hydrogen-bond acceptors (Lipinski definition) is 7. The van der Waals surface area contributed by atoms with Crippen molar-refractivity contribution in [1.29, 1.82) is 0 Å². The molecule has 2 fully saturated rings. The van der Waals surface area contributed by atoms with E-state index in [-0.39, 0.29) is 19.8 Å². The van der Waals surface area contributed by atoms with Gasteiger partial charge in [0.1, 0.15) is 31.0 Å². The molecule has 2 N–H and O–H groups in total. The summed E-state index contributed by atoms with van der Waals surface area (Å²) >= 11 is 0. The van der Waals surface area contributed by atoms with E-state index in [2.05, 4.69) is 0 Å². The summed E-state index contributed by atoms with van der Waals surface area (Å²) < 4.78 is 23.5. The summed E-state index contributed by atoms with van der Waals surface area (Å²) in [6, 6.07) is 18.4. The Hall–Kier alpha value is -2.49. The Kier molecular flexibility index (Phi) is 7.31. The highest BCUT2D eigenvalue weighted by molar-refractivity contribution is 5.68. The van der Waals surface area contributed by atoms with Gasteiger partial charge in [0.15, 0.2) is 5.79 Å². The summed E-state index contributed by atoms with van der Waals surface area (Å²) in [5, 5.41) is 21.3. The van der Waals surface area contributed by atoms with Gasteiger partial charge in [0.25, 0.3) is 0 Å². The quantitative estimate of drug-likeness (QED) is 0.688. The van der Waals surface area contributed by atoms with Gasteiger partial charge in [-0.15, -0.1) is 0 Å². The molecule has 0 aromatic heterocycles. The summed E-state index contributed by atoms with van der Waals surface area (Å²) in [6.45, 7) is 3.89. The zero-order valence-corrected chi connectivity index (χ0v) is 18.9. The van der Waals surface area contributed by atoms with Crippen molar-refractivity contribution in [2.75, 3.05) is 13.2 Å². The number of β-amino-alcohol motifs (C(OH)–C–C–N with tert-alkyl or cyclic N) is 1. The van der Waals surface area contributed by atoms with E-state index in [4.69, 9.17) is 18.9 Å². The third-order valence-corrected chi connectivity index (χ3v) is 5.90. The van der Waals surface area contributed by atoms with Crippen molar-refractivity contribution in [3.05, 3.63) is 71.8 Å². The van der Waals surface area contributed by atoms with Crippen molar-refractivity contribution in [3.63, 3.8) is 0 Å². The summed E-state index contributed by atoms with van der Waals surface area (Å²) in [7, 11) is 0. The molecular formula is C25H31NO7. The maximum absolute atomic E-state index is 13.1. The highest BCUT2D eigenvalue weighted by atomic mass is 16.8. The Balaban J connectivity index is 1.53. The number of fused-ring (bicyclic) bond motifs is 1. The average Bonchev–Trinajstić information content (AvgIpc) is 3.10. The van der Waals surface area contributed by atoms with E-state index < -0.39 is 42.3 Å². The number of aliphatic hydroxyl groups excluding tert-OH is 2. The Morgan fingerprint density at radius 3 is 2.18 bits per heavy atom. The molecule has 0 radical (unpaired) electrons. The Morgan fingerprint density at radius 2 is 1.55 bits per heavy atom. The van der Waals surface area contributed by atoms with Crippen LogP contribution in [0.4, 0.5) is 4.79 Å². The molecule has 178 valence electrons. The fraction of sp³-hybridized carbons (Fsp3) is 0.480. The van der Waals surface area contributed by atoms with E-state index >= 15 is 0 Å². The minimum absolute atomic E-state index is 0.0867. The predicted molar refractivity (Wildman–Crippen MR) is 119 cm³/mol. The van der Waals surface area contributed by atoms with Gasteiger partial charge in [-0.2, -0.15) is 0 Å². The topological polar surface area (TPSA) is 97.7 Å². The molecule has 0 spiro atoms. The van der Waals surface area contributed by atoms with E-state index in [1.165, 1.54) is 4.90 Å². The molecule has 2 aliphatic heterocycles. The number of amides is 1. The smallest absolute Gasteiger partial charge is 0.410 e. The standard InChI is InChI=1S/C25H31NO7/c1-25(2)32-22-19(16-30-14-17-9-5-3-6-10-17)26(13-20(27)21(28)23(22)33-25)24(29)31-15-18-11-7-4-8-12-18/h3-12,19-23,27-28H,13-16H2,1-2H3/t19-,20-,21-,22-,23-/m1/s1. The molecule has 2 aromatic carbocycles. The molecule has 0 saturated carbocycles. The van der Waals surface area contributed by atoms with Crippen molar-refractivity contribution >= 4 is 6.09 Å². The van der Waals surface area contributed by atoms with Crippen LogP contribution in [0.3, 0.4) is 0 Å². The molecule has 2 aliphatic rings. The zero-order chi connectivity index (χ0) is 23.4. The lowest BCUT2D eigenvalue weighted by atomic mass is 10.0. The summed E-state index contributed by atoms with van der Waals surface area (Å²) in [4.78, 5) is 14.5. The van der Waals surface area contributed by atoms with Crippen molar-refractivity contribution in [2.45, 2.75) is 63.3 Å². The number of carbonyl (C=O) groups is 1. The number of ether oxygens (including phenoxy) is 4. The molecule has 5 atom stereocenters. The van der Waals surface area contributed by atoms with E-state index in [1.807, 2.05) is 60.7 Å². The molecule has 2 saturated heterocycles. The van der Waals surface area contributed by atoms with Gasteiger partial charge in [-0.3, -0.25) is 4.90 Å².